The summed E-state index contributed by atoms with van der Waals surface area (Å²) in [6.45, 7) is 6.56. The number of ketones is 1. The van der Waals surface area contributed by atoms with Gasteiger partial charge in [0.15, 0.2) is 0 Å². The number of hydrogen-bond acceptors (Lipinski definition) is 2. The van der Waals surface area contributed by atoms with Crippen molar-refractivity contribution in [1.82, 2.24) is 0 Å². The first-order chi connectivity index (χ1) is 6.68. The van der Waals surface area contributed by atoms with Gasteiger partial charge < -0.3 is 0 Å². The maximum atomic E-state index is 11.2. The Bertz CT molecular complexity index is 295. The number of allylic oxidation sites excluding steroid dienone is 1. The quantitative estimate of drug-likeness (QED) is 0.630. The van der Waals surface area contributed by atoms with Crippen molar-refractivity contribution >= 4 is 11.5 Å². The van der Waals surface area contributed by atoms with Crippen LogP contribution in [0.25, 0.3) is 0 Å². The Balaban J connectivity index is 2.03. The molecule has 0 spiro atoms. The van der Waals surface area contributed by atoms with Gasteiger partial charge in [-0.3, -0.25) is 9.79 Å². The fourth-order valence-corrected chi connectivity index (χ4v) is 2.50. The minimum atomic E-state index is 0.159. The molecule has 2 aliphatic rings. The molecule has 1 saturated carbocycles. The van der Waals surface area contributed by atoms with Crippen molar-refractivity contribution in [2.75, 3.05) is 6.54 Å². The van der Waals surface area contributed by atoms with E-state index in [4.69, 9.17) is 0 Å². The maximum absolute atomic E-state index is 11.2. The van der Waals surface area contributed by atoms with E-state index in [1.54, 1.807) is 6.92 Å². The van der Waals surface area contributed by atoms with Crippen molar-refractivity contribution in [3.05, 3.63) is 12.7 Å². The summed E-state index contributed by atoms with van der Waals surface area (Å²) in [5, 5.41) is 0. The van der Waals surface area contributed by atoms with Crippen LogP contribution in [-0.4, -0.2) is 18.0 Å². The van der Waals surface area contributed by atoms with E-state index < -0.39 is 0 Å². The highest BCUT2D eigenvalue weighted by atomic mass is 16.1. The third-order valence-corrected chi connectivity index (χ3v) is 3.73. The van der Waals surface area contributed by atoms with Crippen LogP contribution in [0.2, 0.25) is 0 Å². The highest BCUT2D eigenvalue weighted by Gasteiger charge is 2.41. The molecule has 0 aromatic carbocycles. The number of nitrogens with zero attached hydrogens (tertiary/aromatic N) is 1. The zero-order chi connectivity index (χ0) is 10.2. The number of aliphatic imine (C=N–C) groups is 1. The molecule has 0 aromatic heterocycles. The first-order valence-corrected chi connectivity index (χ1v) is 5.36. The van der Waals surface area contributed by atoms with E-state index in [1.165, 1.54) is 5.71 Å². The van der Waals surface area contributed by atoms with Gasteiger partial charge in [-0.15, -0.1) is 6.58 Å². The molecule has 2 nitrogen and oxygen atoms in total. The summed E-state index contributed by atoms with van der Waals surface area (Å²) in [6, 6.07) is 0. The predicted octanol–water partition coefficient (Wildman–Crippen LogP) is 2.39. The molecule has 0 saturated heterocycles. The van der Waals surface area contributed by atoms with Crippen LogP contribution in [0, 0.1) is 11.3 Å². The Morgan fingerprint density at radius 1 is 1.57 bits per heavy atom. The minimum absolute atomic E-state index is 0.159. The van der Waals surface area contributed by atoms with Crippen LogP contribution < -0.4 is 0 Å². The summed E-state index contributed by atoms with van der Waals surface area (Å²) in [5.74, 6) is 0.642. The lowest BCUT2D eigenvalue weighted by molar-refractivity contribution is -0.121. The van der Waals surface area contributed by atoms with Crippen molar-refractivity contribution in [2.24, 2.45) is 16.3 Å². The monoisotopic (exact) mass is 191 g/mol. The van der Waals surface area contributed by atoms with Gasteiger partial charge >= 0.3 is 0 Å². The van der Waals surface area contributed by atoms with E-state index in [9.17, 15) is 4.79 Å². The topological polar surface area (TPSA) is 29.4 Å². The van der Waals surface area contributed by atoms with Gasteiger partial charge in [0.2, 0.25) is 0 Å². The summed E-state index contributed by atoms with van der Waals surface area (Å²) in [5.41, 5.74) is 1.47. The Labute approximate surface area is 85.1 Å². The summed E-state index contributed by atoms with van der Waals surface area (Å²) in [6.07, 6.45) is 6.22. The lowest BCUT2D eigenvalue weighted by Crippen LogP contribution is -2.31. The second-order valence-corrected chi connectivity index (χ2v) is 4.51. The molecule has 2 heteroatoms. The second-order valence-electron chi connectivity index (χ2n) is 4.51. The van der Waals surface area contributed by atoms with Crippen LogP contribution in [0.15, 0.2) is 17.6 Å². The van der Waals surface area contributed by atoms with Gasteiger partial charge in [0, 0.05) is 17.0 Å². The molecule has 0 unspecified atom stereocenters. The molecule has 0 amide bonds. The normalized spacial score (nSPS) is 36.1. The predicted molar refractivity (Wildman–Crippen MR) is 57.6 cm³/mol. The number of rotatable bonds is 3. The molecule has 14 heavy (non-hydrogen) atoms. The van der Waals surface area contributed by atoms with E-state index in [1.807, 2.05) is 0 Å². The maximum Gasteiger partial charge on any atom is 0.132 e. The molecule has 0 aromatic rings. The summed E-state index contributed by atoms with van der Waals surface area (Å²) < 4.78 is 0. The summed E-state index contributed by atoms with van der Waals surface area (Å²) in [7, 11) is 0. The lowest BCUT2D eigenvalue weighted by atomic mass is 9.68. The summed E-state index contributed by atoms with van der Waals surface area (Å²) in [4.78, 5) is 15.5. The van der Waals surface area contributed by atoms with E-state index in [0.717, 1.165) is 32.2 Å². The molecule has 0 atom stereocenters. The Morgan fingerprint density at radius 3 is 2.50 bits per heavy atom. The van der Waals surface area contributed by atoms with Crippen LogP contribution in [-0.2, 0) is 4.79 Å². The smallest absolute Gasteiger partial charge is 0.132 e. The lowest BCUT2D eigenvalue weighted by Gasteiger charge is -2.34. The SMILES string of the molecule is C=CC1(C2=NC2)CCC(C(C)=O)CC1. The van der Waals surface area contributed by atoms with Gasteiger partial charge in [-0.05, 0) is 32.6 Å². The average molecular weight is 191 g/mol. The molecule has 0 radical (unpaired) electrons. The molecule has 0 bridgehead atoms. The van der Waals surface area contributed by atoms with E-state index >= 15 is 0 Å². The Hall–Kier alpha value is -0.920. The number of Topliss-reactive ketones (excluding diaryl/α,β-unsaturated/α-hetero) is 1. The largest absolute Gasteiger partial charge is 0.300 e. The third-order valence-electron chi connectivity index (χ3n) is 3.73. The fourth-order valence-electron chi connectivity index (χ4n) is 2.50. The third kappa shape index (κ3) is 1.54. The van der Waals surface area contributed by atoms with Gasteiger partial charge in [-0.1, -0.05) is 6.08 Å². The van der Waals surface area contributed by atoms with Gasteiger partial charge in [0.1, 0.15) is 5.78 Å². The minimum Gasteiger partial charge on any atom is -0.300 e. The zero-order valence-electron chi connectivity index (χ0n) is 8.75. The van der Waals surface area contributed by atoms with E-state index in [0.29, 0.717) is 11.7 Å². The standard InChI is InChI=1S/C12H17NO/c1-3-12(11-8-13-11)6-4-10(5-7-12)9(2)14/h3,10H,1,4-8H2,2H3. The van der Waals surface area contributed by atoms with E-state index in [-0.39, 0.29) is 5.41 Å². The molecule has 76 valence electrons. The number of carbonyl (C=O) groups is 1. The van der Waals surface area contributed by atoms with Crippen molar-refractivity contribution in [3.63, 3.8) is 0 Å². The molecule has 1 heterocycles. The van der Waals surface area contributed by atoms with Gasteiger partial charge in [0.05, 0.1) is 6.54 Å². The molecule has 1 aliphatic heterocycles. The van der Waals surface area contributed by atoms with Crippen molar-refractivity contribution in [3.8, 4) is 0 Å². The van der Waals surface area contributed by atoms with Crippen LogP contribution >= 0.6 is 0 Å². The van der Waals surface area contributed by atoms with Crippen LogP contribution in [0.3, 0.4) is 0 Å². The van der Waals surface area contributed by atoms with E-state index in [2.05, 4.69) is 17.6 Å². The molecular formula is C12H17NO. The highest BCUT2D eigenvalue weighted by molar-refractivity contribution is 6.02. The molecule has 1 aliphatic carbocycles. The molecule has 1 fully saturated rings. The molecule has 2 rings (SSSR count). The Kier molecular flexibility index (Phi) is 2.30. The van der Waals surface area contributed by atoms with Crippen molar-refractivity contribution in [1.29, 1.82) is 0 Å². The Morgan fingerprint density at radius 2 is 2.14 bits per heavy atom. The molecular weight excluding hydrogens is 174 g/mol. The zero-order valence-corrected chi connectivity index (χ0v) is 8.75. The summed E-state index contributed by atoms with van der Waals surface area (Å²) >= 11 is 0. The number of hydrogen-bond donors (Lipinski definition) is 0. The fraction of sp³-hybridized carbons (Fsp3) is 0.667. The van der Waals surface area contributed by atoms with Crippen LogP contribution in [0.5, 0.6) is 0 Å². The first-order valence-electron chi connectivity index (χ1n) is 5.36. The van der Waals surface area contributed by atoms with Gasteiger partial charge in [0.25, 0.3) is 0 Å². The van der Waals surface area contributed by atoms with Crippen molar-refractivity contribution < 1.29 is 4.79 Å². The van der Waals surface area contributed by atoms with Crippen LogP contribution in [0.4, 0.5) is 0 Å². The first kappa shape index (κ1) is 9.63. The second kappa shape index (κ2) is 3.34. The van der Waals surface area contributed by atoms with Gasteiger partial charge in [-0.2, -0.15) is 0 Å². The number of carbonyl (C=O) groups excluding carboxylic acids is 1. The average Bonchev–Trinajstić information content (AvgIpc) is 3.01. The van der Waals surface area contributed by atoms with Crippen LogP contribution in [0.1, 0.15) is 32.6 Å². The van der Waals surface area contributed by atoms with Crippen molar-refractivity contribution in [2.45, 2.75) is 32.6 Å². The molecule has 0 N–H and O–H groups in total. The highest BCUT2D eigenvalue weighted by Crippen LogP contribution is 2.43. The van der Waals surface area contributed by atoms with Gasteiger partial charge in [-0.25, -0.2) is 0 Å².